The van der Waals surface area contributed by atoms with Gasteiger partial charge in [-0.2, -0.15) is 0 Å². The summed E-state index contributed by atoms with van der Waals surface area (Å²) in [7, 11) is 2.40. The first-order valence-corrected chi connectivity index (χ1v) is 5.66. The molecule has 13 heavy (non-hydrogen) atoms. The van der Waals surface area contributed by atoms with Crippen LogP contribution in [0.2, 0.25) is 0 Å². The van der Waals surface area contributed by atoms with Gasteiger partial charge >= 0.3 is 0 Å². The molecule has 1 saturated heterocycles. The van der Waals surface area contributed by atoms with E-state index in [2.05, 4.69) is 33.1 Å². The molecule has 1 N–H and O–H groups in total. The zero-order chi connectivity index (χ0) is 9.90. The molecule has 2 atom stereocenters. The van der Waals surface area contributed by atoms with Crippen molar-refractivity contribution in [3.8, 4) is 0 Å². The van der Waals surface area contributed by atoms with Crippen molar-refractivity contribution in [2.24, 2.45) is 0 Å². The lowest BCUT2D eigenvalue weighted by molar-refractivity contribution is -0.918. The Balaban J connectivity index is 2.40. The highest BCUT2D eigenvalue weighted by atomic mass is 15.4. The van der Waals surface area contributed by atoms with Crippen molar-refractivity contribution in [3.63, 3.8) is 0 Å². The van der Waals surface area contributed by atoms with Crippen LogP contribution in [-0.4, -0.2) is 43.2 Å². The van der Waals surface area contributed by atoms with Crippen molar-refractivity contribution in [2.75, 3.05) is 26.7 Å². The summed E-state index contributed by atoms with van der Waals surface area (Å²) in [5, 5.41) is 3.56. The third-order valence-electron chi connectivity index (χ3n) is 3.57. The average molecular weight is 185 g/mol. The van der Waals surface area contributed by atoms with Crippen LogP contribution in [0.1, 0.15) is 33.6 Å². The fourth-order valence-corrected chi connectivity index (χ4v) is 2.29. The molecule has 2 heteroatoms. The highest BCUT2D eigenvalue weighted by molar-refractivity contribution is 4.70. The summed E-state index contributed by atoms with van der Waals surface area (Å²) in [6.45, 7) is 10.6. The van der Waals surface area contributed by atoms with Gasteiger partial charge in [0.15, 0.2) is 0 Å². The zero-order valence-corrected chi connectivity index (χ0v) is 9.64. The molecule has 1 rings (SSSR count). The van der Waals surface area contributed by atoms with Crippen LogP contribution in [0.4, 0.5) is 0 Å². The molecule has 0 bridgehead atoms. The monoisotopic (exact) mass is 185 g/mol. The molecule has 1 aliphatic heterocycles. The third kappa shape index (κ3) is 2.68. The van der Waals surface area contributed by atoms with Crippen LogP contribution in [-0.2, 0) is 0 Å². The second-order valence-electron chi connectivity index (χ2n) is 4.88. The first-order valence-electron chi connectivity index (χ1n) is 5.66. The fourth-order valence-electron chi connectivity index (χ4n) is 2.29. The smallest absolute Gasteiger partial charge is 0.102 e. The quantitative estimate of drug-likeness (QED) is 0.656. The van der Waals surface area contributed by atoms with Crippen LogP contribution < -0.4 is 5.32 Å². The molecular weight excluding hydrogens is 160 g/mol. The summed E-state index contributed by atoms with van der Waals surface area (Å²) in [6.07, 6.45) is 2.82. The Morgan fingerprint density at radius 1 is 1.46 bits per heavy atom. The van der Waals surface area contributed by atoms with E-state index in [1.54, 1.807) is 0 Å². The van der Waals surface area contributed by atoms with Crippen LogP contribution in [0, 0.1) is 0 Å². The van der Waals surface area contributed by atoms with E-state index < -0.39 is 0 Å². The number of rotatable bonds is 4. The third-order valence-corrected chi connectivity index (χ3v) is 3.57. The van der Waals surface area contributed by atoms with Crippen LogP contribution >= 0.6 is 0 Å². The number of nitrogens with zero attached hydrogens (tertiary/aromatic N) is 1. The second-order valence-corrected chi connectivity index (χ2v) is 4.88. The molecule has 0 aromatic heterocycles. The maximum atomic E-state index is 3.56. The van der Waals surface area contributed by atoms with E-state index in [4.69, 9.17) is 0 Å². The van der Waals surface area contributed by atoms with Gasteiger partial charge in [0, 0.05) is 25.4 Å². The Kier molecular flexibility index (Phi) is 3.74. The minimum atomic E-state index is 0.630. The lowest BCUT2D eigenvalue weighted by Crippen LogP contribution is -2.52. The maximum Gasteiger partial charge on any atom is 0.102 e. The summed E-state index contributed by atoms with van der Waals surface area (Å²) in [6, 6.07) is 1.48. The molecule has 0 aliphatic carbocycles. The minimum Gasteiger partial charge on any atom is -0.323 e. The van der Waals surface area contributed by atoms with Gasteiger partial charge in [-0.1, -0.05) is 13.8 Å². The predicted octanol–water partition coefficient (Wildman–Crippen LogP) is 1.61. The van der Waals surface area contributed by atoms with Crippen LogP contribution in [0.15, 0.2) is 0 Å². The molecule has 0 radical (unpaired) electrons. The van der Waals surface area contributed by atoms with E-state index in [9.17, 15) is 0 Å². The van der Waals surface area contributed by atoms with Gasteiger partial charge in [-0.25, -0.2) is 0 Å². The highest BCUT2D eigenvalue weighted by Gasteiger charge is 2.35. The standard InChI is InChI=1S/C11H25N2/c1-5-13(4)8-6-7-11(13)9-12-10(2)3/h10-12H,5-9H2,1-4H3/q+1. The number of hydrogen-bond acceptors (Lipinski definition) is 1. The largest absolute Gasteiger partial charge is 0.323 e. The molecule has 1 fully saturated rings. The molecule has 78 valence electrons. The van der Waals surface area contributed by atoms with Gasteiger partial charge in [0.2, 0.25) is 0 Å². The molecule has 0 saturated carbocycles. The molecule has 0 aromatic rings. The molecule has 0 aromatic carbocycles. The number of likely N-dealkylation sites (tertiary alicyclic amines) is 1. The van der Waals surface area contributed by atoms with E-state index in [0.29, 0.717) is 6.04 Å². The Bertz CT molecular complexity index is 156. The van der Waals surface area contributed by atoms with Crippen LogP contribution in [0.5, 0.6) is 0 Å². The van der Waals surface area contributed by atoms with Crippen molar-refractivity contribution in [1.82, 2.24) is 5.32 Å². The summed E-state index contributed by atoms with van der Waals surface area (Å²) >= 11 is 0. The van der Waals surface area contributed by atoms with Crippen molar-refractivity contribution < 1.29 is 4.48 Å². The fraction of sp³-hybridized carbons (Fsp3) is 1.00. The Labute approximate surface area is 82.9 Å². The van der Waals surface area contributed by atoms with Crippen molar-refractivity contribution >= 4 is 0 Å². The molecule has 2 nitrogen and oxygen atoms in total. The summed E-state index contributed by atoms with van der Waals surface area (Å²) in [4.78, 5) is 0. The van der Waals surface area contributed by atoms with Crippen LogP contribution in [0.3, 0.4) is 0 Å². The highest BCUT2D eigenvalue weighted by Crippen LogP contribution is 2.23. The summed E-state index contributed by atoms with van der Waals surface area (Å²) in [5.74, 6) is 0. The van der Waals surface area contributed by atoms with Crippen molar-refractivity contribution in [3.05, 3.63) is 0 Å². The molecular formula is C11H25N2+. The molecule has 1 heterocycles. The van der Waals surface area contributed by atoms with Crippen molar-refractivity contribution in [2.45, 2.75) is 45.7 Å². The molecule has 0 spiro atoms. The SMILES string of the molecule is CC[N+]1(C)CCCC1CNC(C)C. The predicted molar refractivity (Wildman–Crippen MR) is 57.8 cm³/mol. The van der Waals surface area contributed by atoms with Gasteiger partial charge in [-0.05, 0) is 6.92 Å². The maximum absolute atomic E-state index is 3.56. The van der Waals surface area contributed by atoms with E-state index in [0.717, 1.165) is 6.04 Å². The normalized spacial score (nSPS) is 34.4. The number of nitrogens with one attached hydrogen (secondary N) is 1. The lowest BCUT2D eigenvalue weighted by Gasteiger charge is -2.35. The average Bonchev–Trinajstić information content (AvgIpc) is 2.44. The molecule has 1 aliphatic rings. The van der Waals surface area contributed by atoms with Gasteiger partial charge < -0.3 is 9.80 Å². The first kappa shape index (κ1) is 11.0. The summed E-state index contributed by atoms with van der Waals surface area (Å²) in [5.41, 5.74) is 0. The van der Waals surface area contributed by atoms with E-state index in [1.165, 1.54) is 37.0 Å². The zero-order valence-electron chi connectivity index (χ0n) is 9.64. The number of quaternary nitrogens is 1. The molecule has 0 amide bonds. The second kappa shape index (κ2) is 4.43. The van der Waals surface area contributed by atoms with E-state index in [1.807, 2.05) is 0 Å². The van der Waals surface area contributed by atoms with Gasteiger partial charge in [-0.15, -0.1) is 0 Å². The van der Waals surface area contributed by atoms with Gasteiger partial charge in [-0.3, -0.25) is 0 Å². The summed E-state index contributed by atoms with van der Waals surface area (Å²) < 4.78 is 1.28. The van der Waals surface area contributed by atoms with Gasteiger partial charge in [0.1, 0.15) is 6.04 Å². The van der Waals surface area contributed by atoms with Crippen LogP contribution in [0.25, 0.3) is 0 Å². The number of likely N-dealkylation sites (N-methyl/N-ethyl adjacent to an activating group) is 1. The van der Waals surface area contributed by atoms with E-state index >= 15 is 0 Å². The lowest BCUT2D eigenvalue weighted by atomic mass is 10.2. The van der Waals surface area contributed by atoms with Gasteiger partial charge in [0.05, 0.1) is 20.1 Å². The Morgan fingerprint density at radius 3 is 2.69 bits per heavy atom. The van der Waals surface area contributed by atoms with E-state index in [-0.39, 0.29) is 0 Å². The molecule has 2 unspecified atom stereocenters. The number of hydrogen-bond donors (Lipinski definition) is 1. The van der Waals surface area contributed by atoms with Gasteiger partial charge in [0.25, 0.3) is 0 Å². The Morgan fingerprint density at radius 2 is 2.15 bits per heavy atom. The minimum absolute atomic E-state index is 0.630. The topological polar surface area (TPSA) is 12.0 Å². The first-order chi connectivity index (χ1) is 6.08. The Hall–Kier alpha value is -0.0800. The van der Waals surface area contributed by atoms with Crippen molar-refractivity contribution in [1.29, 1.82) is 0 Å².